The number of aryl methyl sites for hydroxylation is 2. The molecule has 0 bridgehead atoms. The van der Waals surface area contributed by atoms with Crippen molar-refractivity contribution in [3.8, 4) is 0 Å². The van der Waals surface area contributed by atoms with Crippen LogP contribution < -0.4 is 4.90 Å². The van der Waals surface area contributed by atoms with Gasteiger partial charge in [-0.3, -0.25) is 4.98 Å². The number of fused-ring (bicyclic) bond motifs is 1. The minimum atomic E-state index is 0.812. The van der Waals surface area contributed by atoms with Crippen molar-refractivity contribution in [3.05, 3.63) is 60.2 Å². The molecule has 0 saturated heterocycles. The molecule has 1 saturated carbocycles. The normalized spacial score (nSPS) is 12.9. The highest BCUT2D eigenvalue weighted by Crippen LogP contribution is 2.26. The number of rotatable bonds is 4. The maximum Gasteiger partial charge on any atom is 0.139 e. The Hall–Kier alpha value is -2.49. The molecule has 2 aromatic heterocycles. The summed E-state index contributed by atoms with van der Waals surface area (Å²) in [5.41, 5.74) is 2.35. The lowest BCUT2D eigenvalue weighted by molar-refractivity contribution is 0.336. The molecule has 4 heteroatoms. The SMILES string of the molecule is CC.CCCC1CCCCC1.CCc1ccncc1.Cc1nc(N(C)C)c2ccccc2n1. The first-order chi connectivity index (χ1) is 16.0. The zero-order chi connectivity index (χ0) is 24.5. The van der Waals surface area contributed by atoms with Gasteiger partial charge in [-0.05, 0) is 49.1 Å². The van der Waals surface area contributed by atoms with Crippen LogP contribution in [0.1, 0.15) is 84.0 Å². The van der Waals surface area contributed by atoms with Crippen LogP contribution in [0.2, 0.25) is 0 Å². The van der Waals surface area contributed by atoms with Crippen LogP contribution in [0.3, 0.4) is 0 Å². The van der Waals surface area contributed by atoms with Crippen molar-refractivity contribution in [2.75, 3.05) is 19.0 Å². The van der Waals surface area contributed by atoms with E-state index in [0.29, 0.717) is 0 Å². The maximum atomic E-state index is 4.42. The van der Waals surface area contributed by atoms with Crippen molar-refractivity contribution in [3.63, 3.8) is 0 Å². The van der Waals surface area contributed by atoms with E-state index < -0.39 is 0 Å². The second-order valence-corrected chi connectivity index (χ2v) is 8.51. The lowest BCUT2D eigenvalue weighted by Gasteiger charge is -2.20. The van der Waals surface area contributed by atoms with Crippen LogP contribution in [-0.4, -0.2) is 29.0 Å². The molecule has 0 radical (unpaired) electrons. The molecular weight excluding hydrogens is 404 g/mol. The molecule has 182 valence electrons. The van der Waals surface area contributed by atoms with Crippen molar-refractivity contribution in [1.29, 1.82) is 0 Å². The van der Waals surface area contributed by atoms with Gasteiger partial charge in [-0.15, -0.1) is 0 Å². The second-order valence-electron chi connectivity index (χ2n) is 8.51. The molecule has 4 nitrogen and oxygen atoms in total. The molecule has 0 amide bonds. The summed E-state index contributed by atoms with van der Waals surface area (Å²) in [4.78, 5) is 14.7. The molecular formula is C29H46N4. The van der Waals surface area contributed by atoms with E-state index in [1.54, 1.807) is 0 Å². The molecule has 0 aliphatic heterocycles. The second kappa shape index (κ2) is 17.0. The summed E-state index contributed by atoms with van der Waals surface area (Å²) in [6.45, 7) is 10.4. The smallest absolute Gasteiger partial charge is 0.139 e. The first-order valence-electron chi connectivity index (χ1n) is 12.8. The quantitative estimate of drug-likeness (QED) is 0.403. The Balaban J connectivity index is 0.000000250. The number of aromatic nitrogens is 3. The Labute approximate surface area is 202 Å². The van der Waals surface area contributed by atoms with E-state index >= 15 is 0 Å². The van der Waals surface area contributed by atoms with Crippen molar-refractivity contribution < 1.29 is 0 Å². The molecule has 0 unspecified atom stereocenters. The van der Waals surface area contributed by atoms with E-state index in [4.69, 9.17) is 0 Å². The van der Waals surface area contributed by atoms with Gasteiger partial charge in [0.1, 0.15) is 11.6 Å². The maximum absolute atomic E-state index is 4.42. The largest absolute Gasteiger partial charge is 0.362 e. The summed E-state index contributed by atoms with van der Waals surface area (Å²) in [5.74, 6) is 2.89. The molecule has 1 aliphatic carbocycles. The van der Waals surface area contributed by atoms with Crippen LogP contribution in [-0.2, 0) is 6.42 Å². The fourth-order valence-electron chi connectivity index (χ4n) is 4.02. The number of para-hydroxylation sites is 1. The van der Waals surface area contributed by atoms with Crippen molar-refractivity contribution >= 4 is 16.7 Å². The third-order valence-electron chi connectivity index (χ3n) is 5.70. The number of pyridine rings is 1. The Bertz CT molecular complexity index is 868. The predicted octanol–water partition coefficient (Wildman–Crippen LogP) is 8.04. The highest BCUT2D eigenvalue weighted by molar-refractivity contribution is 5.89. The summed E-state index contributed by atoms with van der Waals surface area (Å²) in [6.07, 6.45) is 15.2. The lowest BCUT2D eigenvalue weighted by atomic mass is 9.86. The van der Waals surface area contributed by atoms with E-state index in [1.807, 2.05) is 88.6 Å². The number of hydrogen-bond acceptors (Lipinski definition) is 4. The molecule has 1 aromatic carbocycles. The topological polar surface area (TPSA) is 41.9 Å². The molecule has 1 fully saturated rings. The van der Waals surface area contributed by atoms with Gasteiger partial charge in [0.2, 0.25) is 0 Å². The van der Waals surface area contributed by atoms with Gasteiger partial charge in [-0.25, -0.2) is 9.97 Å². The van der Waals surface area contributed by atoms with Crippen molar-refractivity contribution in [1.82, 2.24) is 15.0 Å². The first kappa shape index (κ1) is 28.5. The van der Waals surface area contributed by atoms with Crippen LogP contribution in [0.15, 0.2) is 48.8 Å². The van der Waals surface area contributed by atoms with Crippen molar-refractivity contribution in [2.45, 2.75) is 86.0 Å². The van der Waals surface area contributed by atoms with Crippen LogP contribution >= 0.6 is 0 Å². The number of nitrogens with zero attached hydrogens (tertiary/aromatic N) is 4. The minimum absolute atomic E-state index is 0.812. The fourth-order valence-corrected chi connectivity index (χ4v) is 4.02. The van der Waals surface area contributed by atoms with Gasteiger partial charge in [0.25, 0.3) is 0 Å². The third kappa shape index (κ3) is 10.8. The lowest BCUT2D eigenvalue weighted by Crippen LogP contribution is -2.12. The molecule has 4 rings (SSSR count). The molecule has 0 spiro atoms. The van der Waals surface area contributed by atoms with Gasteiger partial charge < -0.3 is 4.90 Å². The van der Waals surface area contributed by atoms with Gasteiger partial charge in [0.15, 0.2) is 0 Å². The summed E-state index contributed by atoms with van der Waals surface area (Å²) in [7, 11) is 3.99. The summed E-state index contributed by atoms with van der Waals surface area (Å²) < 4.78 is 0. The Morgan fingerprint density at radius 3 is 2.06 bits per heavy atom. The fraction of sp³-hybridized carbons (Fsp3) is 0.552. The van der Waals surface area contributed by atoms with E-state index in [2.05, 4.69) is 28.8 Å². The highest BCUT2D eigenvalue weighted by atomic mass is 15.1. The monoisotopic (exact) mass is 450 g/mol. The van der Waals surface area contributed by atoms with Crippen LogP contribution in [0.4, 0.5) is 5.82 Å². The Morgan fingerprint density at radius 2 is 1.52 bits per heavy atom. The molecule has 2 heterocycles. The van der Waals surface area contributed by atoms with Gasteiger partial charge in [-0.2, -0.15) is 0 Å². The highest BCUT2D eigenvalue weighted by Gasteiger charge is 2.11. The average molecular weight is 451 g/mol. The van der Waals surface area contributed by atoms with Crippen LogP contribution in [0, 0.1) is 12.8 Å². The van der Waals surface area contributed by atoms with Gasteiger partial charge >= 0.3 is 0 Å². The van der Waals surface area contributed by atoms with E-state index in [0.717, 1.165) is 34.9 Å². The number of anilines is 1. The van der Waals surface area contributed by atoms with E-state index in [-0.39, 0.29) is 0 Å². The molecule has 3 aromatic rings. The minimum Gasteiger partial charge on any atom is -0.362 e. The zero-order valence-corrected chi connectivity index (χ0v) is 22.1. The molecule has 0 atom stereocenters. The van der Waals surface area contributed by atoms with Crippen LogP contribution in [0.25, 0.3) is 10.9 Å². The summed E-state index contributed by atoms with van der Waals surface area (Å²) in [5, 5.41) is 1.10. The van der Waals surface area contributed by atoms with Crippen LogP contribution in [0.5, 0.6) is 0 Å². The number of hydrogen-bond donors (Lipinski definition) is 0. The van der Waals surface area contributed by atoms with Gasteiger partial charge in [-0.1, -0.05) is 84.8 Å². The Morgan fingerprint density at radius 1 is 0.879 bits per heavy atom. The standard InChI is InChI=1S/C11H13N3.C9H18.C7H9N.C2H6/c1-8-12-10-7-5-4-6-9(10)11(13-8)14(2)3;1-2-6-9-7-4-3-5-8-9;1-2-7-3-5-8-6-4-7;1-2/h4-7H,1-3H3;9H,2-8H2,1H3;3-6H,2H2,1H3;1-2H3. The summed E-state index contributed by atoms with van der Waals surface area (Å²) >= 11 is 0. The zero-order valence-electron chi connectivity index (χ0n) is 22.1. The molecule has 0 N–H and O–H groups in total. The third-order valence-corrected chi connectivity index (χ3v) is 5.70. The van der Waals surface area contributed by atoms with Gasteiger partial charge in [0.05, 0.1) is 5.52 Å². The number of benzene rings is 1. The van der Waals surface area contributed by atoms with E-state index in [1.165, 1.54) is 50.5 Å². The molecule has 1 aliphatic rings. The van der Waals surface area contributed by atoms with Crippen molar-refractivity contribution in [2.24, 2.45) is 5.92 Å². The summed E-state index contributed by atoms with van der Waals surface area (Å²) in [6, 6.07) is 12.1. The predicted molar refractivity (Wildman–Crippen MR) is 145 cm³/mol. The average Bonchev–Trinajstić information content (AvgIpc) is 2.87. The Kier molecular flexibility index (Phi) is 14.7. The molecule has 33 heavy (non-hydrogen) atoms. The first-order valence-corrected chi connectivity index (χ1v) is 12.8. The van der Waals surface area contributed by atoms with Gasteiger partial charge in [0, 0.05) is 31.9 Å². The van der Waals surface area contributed by atoms with E-state index in [9.17, 15) is 0 Å².